The molecule has 1 heterocycles. The van der Waals surface area contributed by atoms with Gasteiger partial charge in [0, 0.05) is 6.54 Å². The Kier molecular flexibility index (Phi) is 5.89. The minimum Gasteiger partial charge on any atom is -0.454 e. The molecule has 6 heteroatoms. The molecule has 0 aromatic carbocycles. The molecule has 2 amide bonds. The monoisotopic (exact) mass is 286 g/mol. The van der Waals surface area contributed by atoms with E-state index in [0.29, 0.717) is 18.2 Å². The number of hydrogen-bond acceptors (Lipinski definition) is 3. The quantitative estimate of drug-likeness (QED) is 0.787. The van der Waals surface area contributed by atoms with E-state index in [-0.39, 0.29) is 23.6 Å². The van der Waals surface area contributed by atoms with Gasteiger partial charge in [-0.15, -0.1) is 11.6 Å². The van der Waals surface area contributed by atoms with Crippen molar-refractivity contribution >= 4 is 23.4 Å². The van der Waals surface area contributed by atoms with Crippen molar-refractivity contribution in [2.45, 2.75) is 26.1 Å². The Morgan fingerprint density at radius 2 is 1.95 bits per heavy atom. The molecule has 0 aliphatic carbocycles. The number of amides is 2. The molecule has 0 spiro atoms. The Hall–Kier alpha value is -1.49. The van der Waals surface area contributed by atoms with Crippen molar-refractivity contribution < 1.29 is 14.0 Å². The van der Waals surface area contributed by atoms with E-state index < -0.39 is 5.91 Å². The minimum atomic E-state index is -0.428. The summed E-state index contributed by atoms with van der Waals surface area (Å²) < 4.78 is 5.26. The zero-order valence-electron chi connectivity index (χ0n) is 11.3. The molecule has 2 N–H and O–H groups in total. The molecular formula is C13H19ClN2O3. The van der Waals surface area contributed by atoms with Crippen molar-refractivity contribution in [1.82, 2.24) is 10.6 Å². The highest BCUT2D eigenvalue weighted by atomic mass is 35.5. The van der Waals surface area contributed by atoms with Gasteiger partial charge in [-0.3, -0.25) is 9.59 Å². The van der Waals surface area contributed by atoms with Crippen molar-refractivity contribution in [3.05, 3.63) is 23.7 Å². The summed E-state index contributed by atoms with van der Waals surface area (Å²) >= 11 is 5.83. The van der Waals surface area contributed by atoms with Crippen molar-refractivity contribution in [3.63, 3.8) is 0 Å². The summed E-state index contributed by atoms with van der Waals surface area (Å²) in [7, 11) is 0. The van der Waals surface area contributed by atoms with Crippen LogP contribution in [0.3, 0.4) is 0 Å². The number of rotatable bonds is 6. The minimum absolute atomic E-state index is 0.0714. The maximum Gasteiger partial charge on any atom is 0.287 e. The lowest BCUT2D eigenvalue weighted by Gasteiger charge is -2.07. The number of nitrogens with one attached hydrogen (secondary N) is 2. The third-order valence-electron chi connectivity index (χ3n) is 2.36. The zero-order valence-corrected chi connectivity index (χ0v) is 12.1. The number of carbonyl (C=O) groups excluding carboxylic acids is 2. The van der Waals surface area contributed by atoms with E-state index in [4.69, 9.17) is 16.0 Å². The van der Waals surface area contributed by atoms with Crippen LogP contribution in [0.4, 0.5) is 0 Å². The normalized spacial score (nSPS) is 12.3. The van der Waals surface area contributed by atoms with Crippen molar-refractivity contribution in [2.24, 2.45) is 5.92 Å². The Balaban J connectivity index is 2.40. The summed E-state index contributed by atoms with van der Waals surface area (Å²) in [6.07, 6.45) is 0. The average molecular weight is 287 g/mol. The van der Waals surface area contributed by atoms with Crippen LogP contribution >= 0.6 is 11.6 Å². The van der Waals surface area contributed by atoms with Crippen LogP contribution in [0.5, 0.6) is 0 Å². The van der Waals surface area contributed by atoms with E-state index >= 15 is 0 Å². The molecule has 0 radical (unpaired) electrons. The van der Waals surface area contributed by atoms with E-state index in [0.717, 1.165) is 0 Å². The third-order valence-corrected chi connectivity index (χ3v) is 2.57. The summed E-state index contributed by atoms with van der Waals surface area (Å²) in [4.78, 5) is 23.1. The number of hydrogen-bond donors (Lipinski definition) is 2. The predicted octanol–water partition coefficient (Wildman–Crippen LogP) is 2.08. The Morgan fingerprint density at radius 1 is 1.26 bits per heavy atom. The molecular weight excluding hydrogens is 268 g/mol. The number of halogens is 1. The number of carbonyl (C=O) groups is 2. The van der Waals surface area contributed by atoms with Gasteiger partial charge in [-0.05, 0) is 25.0 Å². The van der Waals surface area contributed by atoms with Gasteiger partial charge in [0.1, 0.15) is 5.76 Å². The largest absolute Gasteiger partial charge is 0.454 e. The van der Waals surface area contributed by atoms with Gasteiger partial charge < -0.3 is 15.1 Å². The Labute approximate surface area is 117 Å². The fourth-order valence-electron chi connectivity index (χ4n) is 1.32. The highest BCUT2D eigenvalue weighted by molar-refractivity contribution is 6.20. The van der Waals surface area contributed by atoms with Crippen LogP contribution in [-0.4, -0.2) is 24.9 Å². The first-order valence-electron chi connectivity index (χ1n) is 6.19. The zero-order chi connectivity index (χ0) is 14.4. The van der Waals surface area contributed by atoms with Gasteiger partial charge >= 0.3 is 0 Å². The first kappa shape index (κ1) is 15.6. The second-order valence-electron chi connectivity index (χ2n) is 4.70. The lowest BCUT2D eigenvalue weighted by atomic mass is 10.2. The maximum absolute atomic E-state index is 11.7. The van der Waals surface area contributed by atoms with E-state index in [1.165, 1.54) is 6.07 Å². The molecule has 1 atom stereocenters. The summed E-state index contributed by atoms with van der Waals surface area (Å²) in [6, 6.07) is 3.18. The molecule has 106 valence electrons. The second-order valence-corrected chi connectivity index (χ2v) is 5.35. The predicted molar refractivity (Wildman–Crippen MR) is 73.2 cm³/mol. The molecule has 5 nitrogen and oxygen atoms in total. The molecule has 0 fully saturated rings. The van der Waals surface area contributed by atoms with E-state index in [9.17, 15) is 9.59 Å². The Morgan fingerprint density at radius 3 is 2.47 bits per heavy atom. The molecule has 1 unspecified atom stereocenters. The summed E-state index contributed by atoms with van der Waals surface area (Å²) in [5, 5.41) is 4.90. The average Bonchev–Trinajstić information content (AvgIpc) is 2.83. The SMILES string of the molecule is CC(C)CNC(=O)CNC(=O)c1ccc(C(C)Cl)o1. The van der Waals surface area contributed by atoms with Crippen LogP contribution in [0.2, 0.25) is 0 Å². The van der Waals surface area contributed by atoms with Gasteiger partial charge in [-0.25, -0.2) is 0 Å². The molecule has 1 rings (SSSR count). The van der Waals surface area contributed by atoms with Crippen LogP contribution in [0, 0.1) is 5.92 Å². The third kappa shape index (κ3) is 5.34. The van der Waals surface area contributed by atoms with Crippen molar-refractivity contribution in [1.29, 1.82) is 0 Å². The van der Waals surface area contributed by atoms with E-state index in [1.807, 2.05) is 13.8 Å². The highest BCUT2D eigenvalue weighted by Gasteiger charge is 2.14. The first-order chi connectivity index (χ1) is 8.90. The van der Waals surface area contributed by atoms with Gasteiger partial charge in [0.05, 0.1) is 11.9 Å². The molecule has 19 heavy (non-hydrogen) atoms. The van der Waals surface area contributed by atoms with E-state index in [2.05, 4.69) is 10.6 Å². The molecule has 1 aromatic rings. The topological polar surface area (TPSA) is 71.3 Å². The van der Waals surface area contributed by atoms with Crippen LogP contribution in [0.25, 0.3) is 0 Å². The molecule has 0 aliphatic rings. The summed E-state index contributed by atoms with van der Waals surface area (Å²) in [5.41, 5.74) is 0. The molecule has 0 saturated heterocycles. The summed E-state index contributed by atoms with van der Waals surface area (Å²) in [6.45, 7) is 6.26. The lowest BCUT2D eigenvalue weighted by molar-refractivity contribution is -0.120. The van der Waals surface area contributed by atoms with Crippen LogP contribution in [-0.2, 0) is 4.79 Å². The standard InChI is InChI=1S/C13H19ClN2O3/c1-8(2)6-15-12(17)7-16-13(18)11-5-4-10(19-11)9(3)14/h4-5,8-9H,6-7H2,1-3H3,(H,15,17)(H,16,18). The first-order valence-corrected chi connectivity index (χ1v) is 6.62. The van der Waals surface area contributed by atoms with Gasteiger partial charge in [0.25, 0.3) is 5.91 Å². The summed E-state index contributed by atoms with van der Waals surface area (Å²) in [5.74, 6) is 0.399. The number of furan rings is 1. The van der Waals surface area contributed by atoms with Crippen LogP contribution in [0.15, 0.2) is 16.5 Å². The maximum atomic E-state index is 11.7. The van der Waals surface area contributed by atoms with Crippen molar-refractivity contribution in [3.8, 4) is 0 Å². The molecule has 0 bridgehead atoms. The lowest BCUT2D eigenvalue weighted by Crippen LogP contribution is -2.38. The van der Waals surface area contributed by atoms with Gasteiger partial charge in [0.15, 0.2) is 5.76 Å². The number of alkyl halides is 1. The van der Waals surface area contributed by atoms with Gasteiger partial charge in [0.2, 0.25) is 5.91 Å². The van der Waals surface area contributed by atoms with Crippen molar-refractivity contribution in [2.75, 3.05) is 13.1 Å². The van der Waals surface area contributed by atoms with Crippen LogP contribution in [0.1, 0.15) is 42.5 Å². The van der Waals surface area contributed by atoms with Crippen LogP contribution < -0.4 is 10.6 Å². The highest BCUT2D eigenvalue weighted by Crippen LogP contribution is 2.21. The van der Waals surface area contributed by atoms with E-state index in [1.54, 1.807) is 13.0 Å². The van der Waals surface area contributed by atoms with Gasteiger partial charge in [-0.2, -0.15) is 0 Å². The fourth-order valence-corrected chi connectivity index (χ4v) is 1.43. The molecule has 1 aromatic heterocycles. The Bertz CT molecular complexity index is 441. The second kappa shape index (κ2) is 7.19. The smallest absolute Gasteiger partial charge is 0.287 e. The molecule has 0 saturated carbocycles. The fraction of sp³-hybridized carbons (Fsp3) is 0.538. The molecule has 0 aliphatic heterocycles. The van der Waals surface area contributed by atoms with Gasteiger partial charge in [-0.1, -0.05) is 13.8 Å².